The summed E-state index contributed by atoms with van der Waals surface area (Å²) >= 11 is 5.34. The maximum absolute atomic E-state index is 12.1. The first kappa shape index (κ1) is 17.3. The van der Waals surface area contributed by atoms with Crippen molar-refractivity contribution in [3.8, 4) is 11.5 Å². The van der Waals surface area contributed by atoms with Gasteiger partial charge in [-0.25, -0.2) is 0 Å². The van der Waals surface area contributed by atoms with Crippen LogP contribution in [0.4, 0.5) is 0 Å². The molecule has 2 rings (SSSR count). The Bertz CT molecular complexity index is 576. The summed E-state index contributed by atoms with van der Waals surface area (Å²) in [7, 11) is 1.82. The summed E-state index contributed by atoms with van der Waals surface area (Å²) in [6, 6.07) is 5.78. The van der Waals surface area contributed by atoms with Crippen molar-refractivity contribution in [3.05, 3.63) is 23.8 Å². The van der Waals surface area contributed by atoms with Crippen LogP contribution >= 0.6 is 12.2 Å². The number of rotatable bonds is 6. The van der Waals surface area contributed by atoms with Crippen molar-refractivity contribution < 1.29 is 14.3 Å². The molecule has 1 heterocycles. The van der Waals surface area contributed by atoms with E-state index in [2.05, 4.69) is 5.32 Å². The highest BCUT2D eigenvalue weighted by molar-refractivity contribution is 7.80. The van der Waals surface area contributed by atoms with Crippen LogP contribution in [0.1, 0.15) is 19.4 Å². The van der Waals surface area contributed by atoms with Crippen LogP contribution in [0.25, 0.3) is 0 Å². The van der Waals surface area contributed by atoms with Crippen molar-refractivity contribution in [3.63, 3.8) is 0 Å². The molecule has 0 unspecified atom stereocenters. The second kappa shape index (κ2) is 8.01. The van der Waals surface area contributed by atoms with E-state index in [-0.39, 0.29) is 19.2 Å². The fourth-order valence-corrected chi connectivity index (χ4v) is 2.45. The Labute approximate surface area is 142 Å². The van der Waals surface area contributed by atoms with Gasteiger partial charge in [-0.05, 0) is 43.8 Å². The Morgan fingerprint density at radius 1 is 1.26 bits per heavy atom. The molecular weight excluding hydrogens is 314 g/mol. The number of ether oxygens (including phenoxy) is 2. The van der Waals surface area contributed by atoms with E-state index in [4.69, 9.17) is 21.7 Å². The minimum absolute atomic E-state index is 0.0738. The third-order valence-corrected chi connectivity index (χ3v) is 4.17. The van der Waals surface area contributed by atoms with Gasteiger partial charge in [0.25, 0.3) is 0 Å². The lowest BCUT2D eigenvalue weighted by molar-refractivity contribution is -0.130. The van der Waals surface area contributed by atoms with E-state index in [0.717, 1.165) is 17.1 Å². The summed E-state index contributed by atoms with van der Waals surface area (Å²) in [6.45, 7) is 6.46. The quantitative estimate of drug-likeness (QED) is 0.796. The third-order valence-electron chi connectivity index (χ3n) is 3.72. The molecule has 0 saturated heterocycles. The Hall–Kier alpha value is -2.02. The summed E-state index contributed by atoms with van der Waals surface area (Å²) in [4.78, 5) is 15.6. The van der Waals surface area contributed by atoms with E-state index in [1.54, 1.807) is 9.80 Å². The Morgan fingerprint density at radius 2 is 1.96 bits per heavy atom. The summed E-state index contributed by atoms with van der Waals surface area (Å²) in [6.07, 6.45) is 0. The molecule has 0 spiro atoms. The van der Waals surface area contributed by atoms with Crippen LogP contribution in [0.2, 0.25) is 0 Å². The van der Waals surface area contributed by atoms with E-state index in [1.807, 2.05) is 39.1 Å². The molecule has 0 saturated carbocycles. The summed E-state index contributed by atoms with van der Waals surface area (Å²) < 4.78 is 10.6. The summed E-state index contributed by atoms with van der Waals surface area (Å²) in [5.41, 5.74) is 1.04. The van der Waals surface area contributed by atoms with Crippen molar-refractivity contribution in [2.75, 3.05) is 33.5 Å². The van der Waals surface area contributed by atoms with Crippen molar-refractivity contribution >= 4 is 23.2 Å². The van der Waals surface area contributed by atoms with Gasteiger partial charge < -0.3 is 24.6 Å². The molecule has 6 nitrogen and oxygen atoms in total. The highest BCUT2D eigenvalue weighted by Gasteiger charge is 2.15. The molecule has 1 aromatic carbocycles. The monoisotopic (exact) mass is 337 g/mol. The van der Waals surface area contributed by atoms with Crippen molar-refractivity contribution in [2.45, 2.75) is 20.4 Å². The van der Waals surface area contributed by atoms with Gasteiger partial charge in [0.2, 0.25) is 12.7 Å². The van der Waals surface area contributed by atoms with Gasteiger partial charge in [0, 0.05) is 26.7 Å². The van der Waals surface area contributed by atoms with Crippen LogP contribution in [0.3, 0.4) is 0 Å². The first-order valence-corrected chi connectivity index (χ1v) is 8.11. The highest BCUT2D eigenvalue weighted by atomic mass is 32.1. The molecule has 0 aromatic heterocycles. The first-order valence-electron chi connectivity index (χ1n) is 7.70. The van der Waals surface area contributed by atoms with E-state index in [9.17, 15) is 4.79 Å². The second-order valence-corrected chi connectivity index (χ2v) is 5.66. The standard InChI is InChI=1S/C16H23N3O3S/c1-4-19(5-2)15(20)10-18(3)16(23)17-9-12-6-7-13-14(8-12)22-11-21-13/h6-8H,4-5,9-11H2,1-3H3,(H,17,23). The molecule has 23 heavy (non-hydrogen) atoms. The topological polar surface area (TPSA) is 54.0 Å². The van der Waals surface area contributed by atoms with E-state index < -0.39 is 0 Å². The van der Waals surface area contributed by atoms with Crippen LogP contribution in [0.5, 0.6) is 11.5 Å². The smallest absolute Gasteiger partial charge is 0.242 e. The molecule has 1 aliphatic rings. The number of hydrogen-bond donors (Lipinski definition) is 1. The Balaban J connectivity index is 1.83. The van der Waals surface area contributed by atoms with Crippen molar-refractivity contribution in [1.29, 1.82) is 0 Å². The molecular formula is C16H23N3O3S. The fourth-order valence-electron chi connectivity index (χ4n) is 2.31. The zero-order valence-electron chi connectivity index (χ0n) is 13.8. The lowest BCUT2D eigenvalue weighted by atomic mass is 10.2. The molecule has 0 fully saturated rings. The van der Waals surface area contributed by atoms with E-state index in [1.165, 1.54) is 0 Å². The molecule has 1 aliphatic heterocycles. The highest BCUT2D eigenvalue weighted by Crippen LogP contribution is 2.32. The number of hydrogen-bond acceptors (Lipinski definition) is 4. The van der Waals surface area contributed by atoms with Gasteiger partial charge in [-0.15, -0.1) is 0 Å². The minimum atomic E-state index is 0.0738. The predicted molar refractivity (Wildman–Crippen MR) is 92.6 cm³/mol. The van der Waals surface area contributed by atoms with Gasteiger partial charge in [0.05, 0.1) is 6.54 Å². The molecule has 0 aliphatic carbocycles. The van der Waals surface area contributed by atoms with Gasteiger partial charge in [-0.2, -0.15) is 0 Å². The lowest BCUT2D eigenvalue weighted by Crippen LogP contribution is -2.44. The first-order chi connectivity index (χ1) is 11.0. The Morgan fingerprint density at radius 3 is 2.65 bits per heavy atom. The molecule has 1 N–H and O–H groups in total. The number of nitrogens with zero attached hydrogens (tertiary/aromatic N) is 2. The number of benzene rings is 1. The van der Waals surface area contributed by atoms with Gasteiger partial charge in [-0.3, -0.25) is 4.79 Å². The van der Waals surface area contributed by atoms with Crippen LogP contribution in [0, 0.1) is 0 Å². The number of amides is 1. The SMILES string of the molecule is CCN(CC)C(=O)CN(C)C(=S)NCc1ccc2c(c1)OCO2. The van der Waals surface area contributed by atoms with Crippen LogP contribution in [-0.4, -0.2) is 54.3 Å². The van der Waals surface area contributed by atoms with Gasteiger partial charge >= 0.3 is 0 Å². The van der Waals surface area contributed by atoms with E-state index >= 15 is 0 Å². The number of carbonyl (C=O) groups is 1. The maximum atomic E-state index is 12.1. The molecule has 1 amide bonds. The average Bonchev–Trinajstić information content (AvgIpc) is 3.01. The molecule has 126 valence electrons. The average molecular weight is 337 g/mol. The minimum Gasteiger partial charge on any atom is -0.454 e. The van der Waals surface area contributed by atoms with Crippen molar-refractivity contribution in [1.82, 2.24) is 15.1 Å². The molecule has 7 heteroatoms. The zero-order chi connectivity index (χ0) is 16.8. The largest absolute Gasteiger partial charge is 0.454 e. The normalized spacial score (nSPS) is 12.0. The summed E-state index contributed by atoms with van der Waals surface area (Å²) in [5, 5.41) is 3.71. The lowest BCUT2D eigenvalue weighted by Gasteiger charge is -2.25. The third kappa shape index (κ3) is 4.48. The van der Waals surface area contributed by atoms with Crippen LogP contribution in [0.15, 0.2) is 18.2 Å². The van der Waals surface area contributed by atoms with Crippen molar-refractivity contribution in [2.24, 2.45) is 0 Å². The van der Waals surface area contributed by atoms with Gasteiger partial charge in [-0.1, -0.05) is 6.07 Å². The number of nitrogens with one attached hydrogen (secondary N) is 1. The number of fused-ring (bicyclic) bond motifs is 1. The fraction of sp³-hybridized carbons (Fsp3) is 0.500. The molecule has 0 atom stereocenters. The number of carbonyl (C=O) groups excluding carboxylic acids is 1. The predicted octanol–water partition coefficient (Wildman–Crippen LogP) is 1.59. The molecule has 0 bridgehead atoms. The van der Waals surface area contributed by atoms with Gasteiger partial charge in [0.15, 0.2) is 16.6 Å². The van der Waals surface area contributed by atoms with Gasteiger partial charge in [0.1, 0.15) is 0 Å². The molecule has 1 aromatic rings. The second-order valence-electron chi connectivity index (χ2n) is 5.27. The molecule has 0 radical (unpaired) electrons. The van der Waals surface area contributed by atoms with Crippen LogP contribution in [-0.2, 0) is 11.3 Å². The summed E-state index contributed by atoms with van der Waals surface area (Å²) in [5.74, 6) is 1.59. The Kier molecular flexibility index (Phi) is 6.04. The number of thiocarbonyl (C=S) groups is 1. The van der Waals surface area contributed by atoms with E-state index in [0.29, 0.717) is 24.7 Å². The van der Waals surface area contributed by atoms with Crippen LogP contribution < -0.4 is 14.8 Å². The maximum Gasteiger partial charge on any atom is 0.242 e. The number of likely N-dealkylation sites (N-methyl/N-ethyl adjacent to an activating group) is 2. The zero-order valence-corrected chi connectivity index (χ0v) is 14.6.